The fraction of sp³-hybridized carbons (Fsp3) is 0. The number of para-hydroxylation sites is 3. The van der Waals surface area contributed by atoms with E-state index in [1.54, 1.807) is 0 Å². The van der Waals surface area contributed by atoms with E-state index in [0.29, 0.717) is 0 Å². The number of nitrogens with zero attached hydrogens (tertiary/aromatic N) is 1. The van der Waals surface area contributed by atoms with Crippen molar-refractivity contribution in [3.8, 4) is 61.3 Å². The first-order chi connectivity index (χ1) is 46.6. The molecule has 0 saturated carbocycles. The number of fused-ring (bicyclic) bond motifs is 18. The molecule has 0 spiro atoms. The molecule has 4 aromatic heterocycles. The molecule has 4 heterocycles. The molecule has 4 nitrogen and oxygen atoms in total. The number of rotatable bonds is 6. The van der Waals surface area contributed by atoms with E-state index in [9.17, 15) is 0 Å². The summed E-state index contributed by atoms with van der Waals surface area (Å²) in [6.07, 6.45) is 0. The van der Waals surface area contributed by atoms with Crippen molar-refractivity contribution >= 4 is 152 Å². The summed E-state index contributed by atoms with van der Waals surface area (Å²) in [5, 5.41) is 23.3. The van der Waals surface area contributed by atoms with Crippen LogP contribution in [-0.4, -0.2) is 4.57 Å². The van der Waals surface area contributed by atoms with Crippen LogP contribution in [0.5, 0.6) is 0 Å². The standard InChI is InChI=1S/C90H51NO3/c1-2-19-53-50-84-77(45-52(53)18-1)75-48-58(39-42-81(75)92-84)88-67-29-7-9-31-69(67)89(70-32-10-8-30-68(70)88)72-35-17-34-71-74-47-55(38-41-83(74)94-90(71)72)60-33-16-20-54-46-78-76-49-57(40-43-82(76)93-85(78)51-73(54)60)87-65-27-5-3-25-63(65)86(64-26-4-6-28-66(64)87)56-21-15-22-59(44-56)91-79-36-13-11-23-61(79)62-24-12-14-37-80(62)91/h1-51H. The van der Waals surface area contributed by atoms with Crippen LogP contribution < -0.4 is 0 Å². The van der Waals surface area contributed by atoms with Crippen molar-refractivity contribution in [1.82, 2.24) is 4.57 Å². The van der Waals surface area contributed by atoms with Gasteiger partial charge in [0.15, 0.2) is 0 Å². The van der Waals surface area contributed by atoms with Crippen molar-refractivity contribution in [2.75, 3.05) is 0 Å². The van der Waals surface area contributed by atoms with Gasteiger partial charge in [0.05, 0.1) is 11.0 Å². The van der Waals surface area contributed by atoms with E-state index in [0.717, 1.165) is 116 Å². The van der Waals surface area contributed by atoms with Crippen molar-refractivity contribution < 1.29 is 13.3 Å². The minimum absolute atomic E-state index is 0.848. The lowest BCUT2D eigenvalue weighted by atomic mass is 9.85. The first kappa shape index (κ1) is 51.3. The first-order valence-corrected chi connectivity index (χ1v) is 32.3. The van der Waals surface area contributed by atoms with Crippen LogP contribution in [-0.2, 0) is 0 Å². The Morgan fingerprint density at radius 2 is 0.574 bits per heavy atom. The molecule has 0 N–H and O–H groups in total. The van der Waals surface area contributed by atoms with Gasteiger partial charge < -0.3 is 17.8 Å². The number of hydrogen-bond donors (Lipinski definition) is 0. The highest BCUT2D eigenvalue weighted by Gasteiger charge is 2.24. The van der Waals surface area contributed by atoms with E-state index < -0.39 is 0 Å². The average Bonchev–Trinajstić information content (AvgIpc) is 0.957. The fourth-order valence-corrected chi connectivity index (χ4v) is 16.2. The molecule has 0 amide bonds. The summed E-state index contributed by atoms with van der Waals surface area (Å²) < 4.78 is 22.8. The van der Waals surface area contributed by atoms with E-state index in [4.69, 9.17) is 13.3 Å². The van der Waals surface area contributed by atoms with Crippen LogP contribution >= 0.6 is 0 Å². The van der Waals surface area contributed by atoms with Crippen molar-refractivity contribution in [2.45, 2.75) is 0 Å². The van der Waals surface area contributed by atoms with Crippen LogP contribution in [0.4, 0.5) is 0 Å². The van der Waals surface area contributed by atoms with Gasteiger partial charge in [-0.25, -0.2) is 0 Å². The van der Waals surface area contributed by atoms with Gasteiger partial charge in [0.25, 0.3) is 0 Å². The maximum atomic E-state index is 7.06. The normalized spacial score (nSPS) is 12.3. The molecule has 21 aromatic rings. The van der Waals surface area contributed by atoms with Gasteiger partial charge in [0.2, 0.25) is 0 Å². The minimum atomic E-state index is 0.848. The highest BCUT2D eigenvalue weighted by atomic mass is 16.3. The van der Waals surface area contributed by atoms with Gasteiger partial charge in [-0.05, 0) is 194 Å². The first-order valence-electron chi connectivity index (χ1n) is 32.3. The zero-order chi connectivity index (χ0) is 61.3. The summed E-state index contributed by atoms with van der Waals surface area (Å²) in [4.78, 5) is 0. The molecule has 0 radical (unpaired) electrons. The SMILES string of the molecule is c1cc(-c2c3ccccc3c(-c3ccc4oc5cc6c(-c7ccc8oc9c(-c%10c%11ccccc%11c(-c%11ccc%12oc%13cc%14ccccc%14cc%13c%12c%11)c%11ccccc%10%11)cccc9c8c7)cccc6cc5c4c3)c3ccccc23)cc(-n2c3ccccc3c3ccccc32)c1. The van der Waals surface area contributed by atoms with Crippen molar-refractivity contribution in [3.63, 3.8) is 0 Å². The topological polar surface area (TPSA) is 44.4 Å². The molecule has 0 unspecified atom stereocenters. The maximum absolute atomic E-state index is 7.06. The Labute approximate surface area is 537 Å². The number of furan rings is 3. The summed E-state index contributed by atoms with van der Waals surface area (Å²) >= 11 is 0. The Balaban J connectivity index is 0.670. The maximum Gasteiger partial charge on any atom is 0.143 e. The average molecular weight is 1190 g/mol. The highest BCUT2D eigenvalue weighted by Crippen LogP contribution is 2.50. The molecular weight excluding hydrogens is 1140 g/mol. The molecule has 0 aliphatic carbocycles. The van der Waals surface area contributed by atoms with Crippen molar-refractivity contribution in [2.24, 2.45) is 0 Å². The monoisotopic (exact) mass is 1190 g/mol. The molecule has 0 aliphatic heterocycles. The van der Waals surface area contributed by atoms with Gasteiger partial charge in [0, 0.05) is 59.9 Å². The Kier molecular flexibility index (Phi) is 10.6. The molecule has 17 aromatic carbocycles. The number of aromatic nitrogens is 1. The molecule has 94 heavy (non-hydrogen) atoms. The molecule has 0 saturated heterocycles. The third-order valence-corrected chi connectivity index (χ3v) is 20.3. The Morgan fingerprint density at radius 3 is 1.15 bits per heavy atom. The van der Waals surface area contributed by atoms with Gasteiger partial charge in [-0.1, -0.05) is 224 Å². The van der Waals surface area contributed by atoms with E-state index in [2.05, 4.69) is 314 Å². The molecule has 4 heteroatoms. The largest absolute Gasteiger partial charge is 0.456 e. The zero-order valence-electron chi connectivity index (χ0n) is 50.6. The number of hydrogen-bond acceptors (Lipinski definition) is 3. The lowest BCUT2D eigenvalue weighted by Gasteiger charge is -2.18. The van der Waals surface area contributed by atoms with Gasteiger partial charge in [-0.15, -0.1) is 0 Å². The smallest absolute Gasteiger partial charge is 0.143 e. The van der Waals surface area contributed by atoms with Gasteiger partial charge in [0.1, 0.15) is 33.5 Å². The molecule has 0 atom stereocenters. The van der Waals surface area contributed by atoms with E-state index in [1.165, 1.54) is 97.9 Å². The highest BCUT2D eigenvalue weighted by molar-refractivity contribution is 6.27. The third-order valence-electron chi connectivity index (χ3n) is 20.3. The zero-order valence-corrected chi connectivity index (χ0v) is 50.6. The summed E-state index contributed by atoms with van der Waals surface area (Å²) in [6.45, 7) is 0. The second kappa shape index (κ2) is 19.5. The molecular formula is C90H51NO3. The second-order valence-electron chi connectivity index (χ2n) is 25.3. The molecule has 0 aliphatic rings. The quantitative estimate of drug-likeness (QED) is 0.156. The predicted molar refractivity (Wildman–Crippen MR) is 395 cm³/mol. The van der Waals surface area contributed by atoms with Gasteiger partial charge in [-0.2, -0.15) is 0 Å². The van der Waals surface area contributed by atoms with Crippen molar-refractivity contribution in [1.29, 1.82) is 0 Å². The number of benzene rings is 17. The van der Waals surface area contributed by atoms with Crippen LogP contribution in [0.2, 0.25) is 0 Å². The summed E-state index contributed by atoms with van der Waals surface area (Å²) in [5.74, 6) is 0. The fourth-order valence-electron chi connectivity index (χ4n) is 16.2. The van der Waals surface area contributed by atoms with Crippen LogP contribution in [0.1, 0.15) is 0 Å². The van der Waals surface area contributed by atoms with Gasteiger partial charge >= 0.3 is 0 Å². The third kappa shape index (κ3) is 7.39. The predicted octanol–water partition coefficient (Wildman–Crippen LogP) is 25.7. The molecule has 0 bridgehead atoms. The van der Waals surface area contributed by atoms with Crippen molar-refractivity contribution in [3.05, 3.63) is 309 Å². The molecule has 21 rings (SSSR count). The van der Waals surface area contributed by atoms with Crippen LogP contribution in [0.25, 0.3) is 214 Å². The molecule has 0 fully saturated rings. The summed E-state index contributed by atoms with van der Waals surface area (Å²) in [7, 11) is 0. The Morgan fingerprint density at radius 1 is 0.191 bits per heavy atom. The summed E-state index contributed by atoms with van der Waals surface area (Å²) in [5.41, 5.74) is 20.3. The van der Waals surface area contributed by atoms with E-state index in [1.807, 2.05) is 0 Å². The lowest BCUT2D eigenvalue weighted by Crippen LogP contribution is -1.95. The Bertz CT molecular complexity index is 6700. The van der Waals surface area contributed by atoms with E-state index >= 15 is 0 Å². The van der Waals surface area contributed by atoms with Crippen LogP contribution in [0.15, 0.2) is 323 Å². The minimum Gasteiger partial charge on any atom is -0.456 e. The summed E-state index contributed by atoms with van der Waals surface area (Å²) in [6, 6.07) is 113. The molecule has 434 valence electrons. The van der Waals surface area contributed by atoms with E-state index in [-0.39, 0.29) is 0 Å². The second-order valence-corrected chi connectivity index (χ2v) is 25.3. The Hall–Kier alpha value is -12.5. The van der Waals surface area contributed by atoms with Gasteiger partial charge in [-0.3, -0.25) is 0 Å². The van der Waals surface area contributed by atoms with Crippen LogP contribution in [0.3, 0.4) is 0 Å². The van der Waals surface area contributed by atoms with Crippen LogP contribution in [0, 0.1) is 0 Å². The lowest BCUT2D eigenvalue weighted by molar-refractivity contribution is 0.669.